The van der Waals surface area contributed by atoms with Crippen LogP contribution in [0.3, 0.4) is 0 Å². The van der Waals surface area contributed by atoms with Crippen molar-refractivity contribution in [1.29, 1.82) is 0 Å². The van der Waals surface area contributed by atoms with Gasteiger partial charge < -0.3 is 11.1 Å². The van der Waals surface area contributed by atoms with Gasteiger partial charge in [-0.2, -0.15) is 0 Å². The van der Waals surface area contributed by atoms with Crippen molar-refractivity contribution < 1.29 is 4.79 Å². The predicted molar refractivity (Wildman–Crippen MR) is 69.8 cm³/mol. The predicted octanol–water partition coefficient (Wildman–Crippen LogP) is 2.08. The van der Waals surface area contributed by atoms with Gasteiger partial charge in [0.2, 0.25) is 0 Å². The number of carbonyl (C=O) groups is 1. The monoisotopic (exact) mass is 254 g/mol. The van der Waals surface area contributed by atoms with Crippen molar-refractivity contribution in [3.63, 3.8) is 0 Å². The minimum absolute atomic E-state index is 0.0651. The maximum Gasteiger partial charge on any atom is 0.262 e. The van der Waals surface area contributed by atoms with Gasteiger partial charge in [-0.25, -0.2) is 0 Å². The van der Waals surface area contributed by atoms with E-state index < -0.39 is 5.54 Å². The third-order valence-electron chi connectivity index (χ3n) is 3.03. The van der Waals surface area contributed by atoms with Crippen LogP contribution in [0.25, 0.3) is 0 Å². The van der Waals surface area contributed by atoms with Crippen molar-refractivity contribution in [3.05, 3.63) is 22.4 Å². The molecule has 5 heteroatoms. The fourth-order valence-electron chi connectivity index (χ4n) is 2.10. The van der Waals surface area contributed by atoms with Gasteiger partial charge in [-0.15, -0.1) is 11.3 Å². The van der Waals surface area contributed by atoms with Gasteiger partial charge in [0, 0.05) is 0 Å². The molecule has 1 aromatic rings. The normalized spacial score (nSPS) is 18.2. The van der Waals surface area contributed by atoms with E-state index in [1.807, 2.05) is 17.5 Å². The molecule has 0 aromatic carbocycles. The molecule has 2 rings (SSSR count). The van der Waals surface area contributed by atoms with E-state index in [1.54, 1.807) is 0 Å². The van der Waals surface area contributed by atoms with Gasteiger partial charge in [0.1, 0.15) is 0 Å². The second kappa shape index (κ2) is 4.51. The lowest BCUT2D eigenvalue weighted by atomic mass is 9.97. The highest BCUT2D eigenvalue weighted by molar-refractivity contribution is 7.80. The van der Waals surface area contributed by atoms with Crippen LogP contribution >= 0.6 is 23.6 Å². The third kappa shape index (κ3) is 2.10. The first-order valence-electron chi connectivity index (χ1n) is 5.30. The number of hydrogen-bond donors (Lipinski definition) is 2. The molecule has 1 amide bonds. The Morgan fingerprint density at radius 3 is 2.69 bits per heavy atom. The number of carbonyl (C=O) groups excluding carboxylic acids is 1. The average Bonchev–Trinajstić information content (AvgIpc) is 2.88. The first-order valence-corrected chi connectivity index (χ1v) is 6.59. The molecule has 0 saturated heterocycles. The van der Waals surface area contributed by atoms with Crippen molar-refractivity contribution in [2.75, 3.05) is 0 Å². The van der Waals surface area contributed by atoms with Gasteiger partial charge in [0.25, 0.3) is 5.91 Å². The summed E-state index contributed by atoms with van der Waals surface area (Å²) >= 11 is 6.51. The summed E-state index contributed by atoms with van der Waals surface area (Å²) in [5, 5.41) is 4.89. The van der Waals surface area contributed by atoms with Crippen molar-refractivity contribution in [2.45, 2.75) is 31.2 Å². The summed E-state index contributed by atoms with van der Waals surface area (Å²) in [5.41, 5.74) is 5.31. The lowest BCUT2D eigenvalue weighted by Gasteiger charge is -2.28. The topological polar surface area (TPSA) is 55.1 Å². The maximum atomic E-state index is 12.0. The van der Waals surface area contributed by atoms with Crippen LogP contribution in [0.5, 0.6) is 0 Å². The van der Waals surface area contributed by atoms with E-state index in [9.17, 15) is 4.79 Å². The highest BCUT2D eigenvalue weighted by Gasteiger charge is 2.38. The second-order valence-corrected chi connectivity index (χ2v) is 5.47. The quantitative estimate of drug-likeness (QED) is 0.812. The number of thiocarbonyl (C=S) groups is 1. The second-order valence-electron chi connectivity index (χ2n) is 4.08. The molecule has 1 saturated carbocycles. The zero-order valence-electron chi connectivity index (χ0n) is 8.86. The third-order valence-corrected chi connectivity index (χ3v) is 4.29. The highest BCUT2D eigenvalue weighted by atomic mass is 32.1. The zero-order valence-corrected chi connectivity index (χ0v) is 10.5. The smallest absolute Gasteiger partial charge is 0.262 e. The molecule has 1 heterocycles. The van der Waals surface area contributed by atoms with E-state index in [-0.39, 0.29) is 5.91 Å². The summed E-state index contributed by atoms with van der Waals surface area (Å²) in [7, 11) is 0. The Balaban J connectivity index is 2.13. The van der Waals surface area contributed by atoms with Crippen LogP contribution in [0.1, 0.15) is 35.4 Å². The number of rotatable bonds is 3. The van der Waals surface area contributed by atoms with Crippen LogP contribution in [0, 0.1) is 0 Å². The van der Waals surface area contributed by atoms with Gasteiger partial charge in [-0.05, 0) is 24.3 Å². The summed E-state index contributed by atoms with van der Waals surface area (Å²) in [5.74, 6) is -0.0651. The summed E-state index contributed by atoms with van der Waals surface area (Å²) in [6.45, 7) is 0. The Morgan fingerprint density at radius 1 is 1.50 bits per heavy atom. The Hall–Kier alpha value is -0.940. The van der Waals surface area contributed by atoms with E-state index in [0.717, 1.165) is 25.7 Å². The SMILES string of the molecule is NC(=S)C1(NC(=O)c2cccs2)CCCC1. The molecule has 0 radical (unpaired) electrons. The number of thiophene rings is 1. The molecular weight excluding hydrogens is 240 g/mol. The van der Waals surface area contributed by atoms with Gasteiger partial charge in [0.15, 0.2) is 0 Å². The highest BCUT2D eigenvalue weighted by Crippen LogP contribution is 2.30. The Morgan fingerprint density at radius 2 is 2.19 bits per heavy atom. The molecule has 0 spiro atoms. The molecule has 1 fully saturated rings. The van der Waals surface area contributed by atoms with Crippen LogP contribution in [0.2, 0.25) is 0 Å². The molecule has 0 aliphatic heterocycles. The lowest BCUT2D eigenvalue weighted by Crippen LogP contribution is -2.54. The van der Waals surface area contributed by atoms with Crippen molar-refractivity contribution in [3.8, 4) is 0 Å². The van der Waals surface area contributed by atoms with Crippen LogP contribution in [0.15, 0.2) is 17.5 Å². The van der Waals surface area contributed by atoms with E-state index in [4.69, 9.17) is 18.0 Å². The standard InChI is InChI=1S/C11H14N2OS2/c12-10(15)11(5-1-2-6-11)13-9(14)8-4-3-7-16-8/h3-4,7H,1-2,5-6H2,(H2,12,15)(H,13,14). The molecule has 1 aliphatic carbocycles. The Kier molecular flexibility index (Phi) is 3.25. The first-order chi connectivity index (χ1) is 7.64. The minimum atomic E-state index is -0.448. The van der Waals surface area contributed by atoms with Crippen LogP contribution in [-0.2, 0) is 0 Å². The fourth-order valence-corrected chi connectivity index (χ4v) is 2.97. The number of hydrogen-bond acceptors (Lipinski definition) is 3. The summed E-state index contributed by atoms with van der Waals surface area (Å²) in [4.78, 5) is 13.1. The number of amides is 1. The van der Waals surface area contributed by atoms with E-state index in [2.05, 4.69) is 5.32 Å². The van der Waals surface area contributed by atoms with Crippen LogP contribution < -0.4 is 11.1 Å². The molecule has 1 aromatic heterocycles. The molecule has 3 nitrogen and oxygen atoms in total. The van der Waals surface area contributed by atoms with Crippen molar-refractivity contribution >= 4 is 34.5 Å². The summed E-state index contributed by atoms with van der Waals surface area (Å²) in [6, 6.07) is 3.67. The van der Waals surface area contributed by atoms with Gasteiger partial charge in [-0.3, -0.25) is 4.79 Å². The largest absolute Gasteiger partial charge is 0.391 e. The lowest BCUT2D eigenvalue weighted by molar-refractivity contribution is 0.0928. The molecular formula is C11H14N2OS2. The maximum absolute atomic E-state index is 12.0. The van der Waals surface area contributed by atoms with Crippen LogP contribution in [0.4, 0.5) is 0 Å². The number of nitrogens with two attached hydrogens (primary N) is 1. The van der Waals surface area contributed by atoms with Gasteiger partial charge in [-0.1, -0.05) is 31.1 Å². The summed E-state index contributed by atoms with van der Waals surface area (Å²) in [6.07, 6.45) is 3.86. The molecule has 86 valence electrons. The van der Waals surface area contributed by atoms with Crippen molar-refractivity contribution in [1.82, 2.24) is 5.32 Å². The molecule has 0 bridgehead atoms. The van der Waals surface area contributed by atoms with Crippen LogP contribution in [-0.4, -0.2) is 16.4 Å². The Bertz CT molecular complexity index is 394. The fraction of sp³-hybridized carbons (Fsp3) is 0.455. The van der Waals surface area contributed by atoms with E-state index in [1.165, 1.54) is 11.3 Å². The molecule has 1 aliphatic rings. The number of nitrogens with one attached hydrogen (secondary N) is 1. The van der Waals surface area contributed by atoms with E-state index >= 15 is 0 Å². The minimum Gasteiger partial charge on any atom is -0.391 e. The first kappa shape index (κ1) is 11.5. The molecule has 0 atom stereocenters. The summed E-state index contributed by atoms with van der Waals surface area (Å²) < 4.78 is 0. The van der Waals surface area contributed by atoms with Gasteiger partial charge >= 0.3 is 0 Å². The molecule has 3 N–H and O–H groups in total. The molecule has 16 heavy (non-hydrogen) atoms. The Labute approximate surface area is 104 Å². The zero-order chi connectivity index (χ0) is 11.6. The molecule has 0 unspecified atom stereocenters. The van der Waals surface area contributed by atoms with Gasteiger partial charge in [0.05, 0.1) is 15.4 Å². The average molecular weight is 254 g/mol. The van der Waals surface area contributed by atoms with Crippen molar-refractivity contribution in [2.24, 2.45) is 5.73 Å². The van der Waals surface area contributed by atoms with E-state index in [0.29, 0.717) is 9.87 Å².